The van der Waals surface area contributed by atoms with Gasteiger partial charge in [0, 0.05) is 50.2 Å². The number of rotatable bonds is 8. The van der Waals surface area contributed by atoms with Crippen molar-refractivity contribution in [3.05, 3.63) is 144 Å². The number of aromatic amines is 1. The molecule has 2 aliphatic heterocycles. The van der Waals surface area contributed by atoms with E-state index in [0.717, 1.165) is 71.2 Å². The Labute approximate surface area is 307 Å². The summed E-state index contributed by atoms with van der Waals surface area (Å²) in [6, 6.07) is 38.7. The number of anilines is 2. The zero-order chi connectivity index (χ0) is 36.4. The van der Waals surface area contributed by atoms with Gasteiger partial charge in [-0.25, -0.2) is 0 Å². The SMILES string of the molecule is Cn1nc(C(=O)Nc2ccc([C@H]3CNCCO3)cc2)cc1-c1ccccc1.O=C(Nc1ccc([C@H]2CNCCO2)cc1)c1cc(-c2ccccc2)n[nH]1. The average Bonchev–Trinajstić information content (AvgIpc) is 3.88. The smallest absolute Gasteiger partial charge is 0.276 e. The van der Waals surface area contributed by atoms with Crippen LogP contribution in [-0.2, 0) is 16.5 Å². The fourth-order valence-corrected chi connectivity index (χ4v) is 6.17. The van der Waals surface area contributed by atoms with Crippen molar-refractivity contribution in [2.45, 2.75) is 12.2 Å². The van der Waals surface area contributed by atoms with Crippen LogP contribution < -0.4 is 21.3 Å². The number of ether oxygens (including phenoxy) is 2. The molecule has 0 unspecified atom stereocenters. The maximum Gasteiger partial charge on any atom is 0.276 e. The summed E-state index contributed by atoms with van der Waals surface area (Å²) in [5.41, 5.74) is 8.12. The van der Waals surface area contributed by atoms with Crippen LogP contribution in [0.25, 0.3) is 22.5 Å². The normalized spacial score (nSPS) is 16.9. The lowest BCUT2D eigenvalue weighted by Gasteiger charge is -2.24. The summed E-state index contributed by atoms with van der Waals surface area (Å²) in [4.78, 5) is 25.0. The van der Waals surface area contributed by atoms with E-state index in [-0.39, 0.29) is 24.0 Å². The number of carbonyl (C=O) groups is 2. The van der Waals surface area contributed by atoms with Gasteiger partial charge in [0.1, 0.15) is 5.69 Å². The lowest BCUT2D eigenvalue weighted by molar-refractivity contribution is 0.0276. The summed E-state index contributed by atoms with van der Waals surface area (Å²) in [5, 5.41) is 23.8. The van der Waals surface area contributed by atoms with Crippen molar-refractivity contribution in [2.75, 3.05) is 50.0 Å². The second kappa shape index (κ2) is 17.1. The number of H-pyrrole nitrogens is 1. The quantitative estimate of drug-likeness (QED) is 0.130. The van der Waals surface area contributed by atoms with Crippen molar-refractivity contribution in [3.63, 3.8) is 0 Å². The van der Waals surface area contributed by atoms with E-state index >= 15 is 0 Å². The van der Waals surface area contributed by atoms with Crippen LogP contribution in [0.15, 0.2) is 121 Å². The first-order valence-electron chi connectivity index (χ1n) is 17.7. The van der Waals surface area contributed by atoms with Crippen LogP contribution >= 0.6 is 0 Å². The average molecular weight is 711 g/mol. The summed E-state index contributed by atoms with van der Waals surface area (Å²) in [5.74, 6) is -0.445. The van der Waals surface area contributed by atoms with E-state index < -0.39 is 0 Å². The van der Waals surface area contributed by atoms with Gasteiger partial charge in [-0.3, -0.25) is 19.4 Å². The number of hydrogen-bond acceptors (Lipinski definition) is 8. The summed E-state index contributed by atoms with van der Waals surface area (Å²) in [7, 11) is 1.84. The van der Waals surface area contributed by atoms with Gasteiger partial charge in [0.15, 0.2) is 5.69 Å². The molecule has 53 heavy (non-hydrogen) atoms. The van der Waals surface area contributed by atoms with Crippen LogP contribution in [-0.4, -0.2) is 71.2 Å². The highest BCUT2D eigenvalue weighted by Gasteiger charge is 2.18. The lowest BCUT2D eigenvalue weighted by atomic mass is 10.1. The minimum atomic E-state index is -0.226. The molecule has 2 aliphatic rings. The molecule has 0 bridgehead atoms. The van der Waals surface area contributed by atoms with Crippen LogP contribution in [0.2, 0.25) is 0 Å². The van der Waals surface area contributed by atoms with Gasteiger partial charge in [-0.05, 0) is 53.1 Å². The highest BCUT2D eigenvalue weighted by atomic mass is 16.5. The van der Waals surface area contributed by atoms with E-state index in [1.807, 2.05) is 116 Å². The van der Waals surface area contributed by atoms with Gasteiger partial charge < -0.3 is 30.7 Å². The maximum absolute atomic E-state index is 12.6. The van der Waals surface area contributed by atoms with E-state index in [9.17, 15) is 9.59 Å². The van der Waals surface area contributed by atoms with Crippen LogP contribution in [0.4, 0.5) is 11.4 Å². The van der Waals surface area contributed by atoms with Crippen LogP contribution in [0.1, 0.15) is 44.3 Å². The first-order valence-corrected chi connectivity index (χ1v) is 17.7. The molecule has 12 heteroatoms. The molecule has 8 rings (SSSR count). The topological polar surface area (TPSA) is 147 Å². The van der Waals surface area contributed by atoms with Crippen LogP contribution in [0.3, 0.4) is 0 Å². The number of aryl methyl sites for hydroxylation is 1. The Hall–Kier alpha value is -5.92. The van der Waals surface area contributed by atoms with E-state index in [2.05, 4.69) is 36.6 Å². The Morgan fingerprint density at radius 2 is 1.21 bits per heavy atom. The zero-order valence-corrected chi connectivity index (χ0v) is 29.4. The van der Waals surface area contributed by atoms with E-state index in [0.29, 0.717) is 24.6 Å². The molecule has 0 saturated carbocycles. The first-order chi connectivity index (χ1) is 26.0. The molecule has 2 fully saturated rings. The molecule has 2 amide bonds. The van der Waals surface area contributed by atoms with Crippen molar-refractivity contribution in [2.24, 2.45) is 7.05 Å². The number of morpholine rings is 2. The second-order valence-corrected chi connectivity index (χ2v) is 12.7. The number of hydrogen-bond donors (Lipinski definition) is 5. The summed E-state index contributed by atoms with van der Waals surface area (Å²) < 4.78 is 13.2. The number of nitrogens with zero attached hydrogens (tertiary/aromatic N) is 3. The van der Waals surface area contributed by atoms with Gasteiger partial charge in [-0.1, -0.05) is 84.9 Å². The number of aromatic nitrogens is 4. The standard InChI is InChI=1S/C21H22N4O2.C20H20N4O2/c1-25-19(15-5-3-2-4-6-15)13-18(24-25)21(26)23-17-9-7-16(8-10-17)20-14-22-11-12-27-20;25-20(18-12-17(23-24-18)14-4-2-1-3-5-14)22-16-8-6-15(7-9-16)19-13-21-10-11-26-19/h2-10,13,20,22H,11-12,14H2,1H3,(H,23,26);1-9,12,19,21H,10-11,13H2,(H,22,25)(H,23,24)/t20-;19-/m11/s1. The van der Waals surface area contributed by atoms with E-state index in [1.54, 1.807) is 16.8 Å². The zero-order valence-electron chi connectivity index (χ0n) is 29.4. The Morgan fingerprint density at radius 1 is 0.679 bits per heavy atom. The Morgan fingerprint density at radius 3 is 1.74 bits per heavy atom. The van der Waals surface area contributed by atoms with Gasteiger partial charge >= 0.3 is 0 Å². The van der Waals surface area contributed by atoms with E-state index in [1.165, 1.54) is 0 Å². The number of nitrogens with one attached hydrogen (secondary N) is 5. The summed E-state index contributed by atoms with van der Waals surface area (Å²) in [6.45, 7) is 4.82. The third-order valence-electron chi connectivity index (χ3n) is 9.01. The number of amides is 2. The van der Waals surface area contributed by atoms with Gasteiger partial charge in [0.05, 0.1) is 36.8 Å². The summed E-state index contributed by atoms with van der Waals surface area (Å²) >= 11 is 0. The van der Waals surface area contributed by atoms with Gasteiger partial charge in [0.2, 0.25) is 0 Å². The Bertz CT molecular complexity index is 2090. The molecule has 5 N–H and O–H groups in total. The largest absolute Gasteiger partial charge is 0.371 e. The fraction of sp³-hybridized carbons (Fsp3) is 0.220. The molecule has 2 atom stereocenters. The molecule has 2 aromatic heterocycles. The molecule has 0 spiro atoms. The molecular weight excluding hydrogens is 669 g/mol. The van der Waals surface area contributed by atoms with Crippen molar-refractivity contribution < 1.29 is 19.1 Å². The number of benzene rings is 4. The highest BCUT2D eigenvalue weighted by molar-refractivity contribution is 6.04. The van der Waals surface area contributed by atoms with Gasteiger partial charge in [0.25, 0.3) is 11.8 Å². The third kappa shape index (κ3) is 9.12. The van der Waals surface area contributed by atoms with Gasteiger partial charge in [-0.2, -0.15) is 10.2 Å². The van der Waals surface area contributed by atoms with Gasteiger partial charge in [-0.15, -0.1) is 0 Å². The predicted octanol–water partition coefficient (Wildman–Crippen LogP) is 5.99. The highest BCUT2D eigenvalue weighted by Crippen LogP contribution is 2.24. The Balaban J connectivity index is 0.000000164. The third-order valence-corrected chi connectivity index (χ3v) is 9.01. The molecule has 0 radical (unpaired) electrons. The monoisotopic (exact) mass is 710 g/mol. The first kappa shape index (κ1) is 35.5. The minimum Gasteiger partial charge on any atom is -0.371 e. The van der Waals surface area contributed by atoms with Crippen LogP contribution in [0, 0.1) is 0 Å². The van der Waals surface area contributed by atoms with Crippen molar-refractivity contribution in [1.29, 1.82) is 0 Å². The fourth-order valence-electron chi connectivity index (χ4n) is 6.17. The van der Waals surface area contributed by atoms with Crippen molar-refractivity contribution in [1.82, 2.24) is 30.6 Å². The molecule has 4 aromatic carbocycles. The predicted molar refractivity (Wildman–Crippen MR) is 205 cm³/mol. The number of carbonyl (C=O) groups excluding carboxylic acids is 2. The Kier molecular flexibility index (Phi) is 11.4. The molecule has 12 nitrogen and oxygen atoms in total. The molecule has 4 heterocycles. The maximum atomic E-state index is 12.6. The lowest BCUT2D eigenvalue weighted by Crippen LogP contribution is -2.33. The molecule has 2 saturated heterocycles. The second-order valence-electron chi connectivity index (χ2n) is 12.7. The van der Waals surface area contributed by atoms with Crippen molar-refractivity contribution in [3.8, 4) is 22.5 Å². The van der Waals surface area contributed by atoms with E-state index in [4.69, 9.17) is 9.47 Å². The molecule has 0 aliphatic carbocycles. The molecular formula is C41H42N8O4. The molecule has 6 aromatic rings. The van der Waals surface area contributed by atoms with Crippen molar-refractivity contribution >= 4 is 23.2 Å². The minimum absolute atomic E-state index is 0.0627. The van der Waals surface area contributed by atoms with Crippen LogP contribution in [0.5, 0.6) is 0 Å². The molecule has 270 valence electrons. The summed E-state index contributed by atoms with van der Waals surface area (Å²) in [6.07, 6.45) is 0.127.